The van der Waals surface area contributed by atoms with E-state index in [-0.39, 0.29) is 12.5 Å². The lowest BCUT2D eigenvalue weighted by molar-refractivity contribution is -0.123. The third kappa shape index (κ3) is 2.95. The number of nitrogens with one attached hydrogen (secondary N) is 1. The average Bonchev–Trinajstić information content (AvgIpc) is 2.31. The standard InChI is InChI=1S/C12H22N2O2/c15-8-2-1-3-12(16)13-11-9-14-6-4-10(11)5-7-14/h10-11,15H,1-9H2,(H,13,16). The highest BCUT2D eigenvalue weighted by atomic mass is 16.2. The molecular formula is C12H22N2O2. The molecule has 0 aromatic carbocycles. The van der Waals surface area contributed by atoms with Crippen molar-refractivity contribution in [2.45, 2.75) is 38.1 Å². The Morgan fingerprint density at radius 2 is 2.06 bits per heavy atom. The maximum atomic E-state index is 11.7. The normalized spacial score (nSPS) is 32.7. The predicted octanol–water partition coefficient (Wildman–Crippen LogP) is 0.359. The van der Waals surface area contributed by atoms with Crippen LogP contribution in [0.3, 0.4) is 0 Å². The summed E-state index contributed by atoms with van der Waals surface area (Å²) in [5.74, 6) is 0.860. The van der Waals surface area contributed by atoms with E-state index in [0.29, 0.717) is 18.4 Å². The fraction of sp³-hybridized carbons (Fsp3) is 0.917. The number of carbonyl (C=O) groups excluding carboxylic acids is 1. The van der Waals surface area contributed by atoms with Gasteiger partial charge in [-0.15, -0.1) is 0 Å². The van der Waals surface area contributed by atoms with Gasteiger partial charge in [0, 0.05) is 25.6 Å². The Hall–Kier alpha value is -0.610. The Bertz CT molecular complexity index is 237. The maximum absolute atomic E-state index is 11.7. The average molecular weight is 226 g/mol. The van der Waals surface area contributed by atoms with Crippen molar-refractivity contribution < 1.29 is 9.90 Å². The Morgan fingerprint density at radius 1 is 1.31 bits per heavy atom. The third-order valence-corrected chi connectivity index (χ3v) is 3.81. The van der Waals surface area contributed by atoms with Gasteiger partial charge in [-0.3, -0.25) is 4.79 Å². The molecule has 0 spiro atoms. The Balaban J connectivity index is 1.70. The lowest BCUT2D eigenvalue weighted by atomic mass is 9.84. The largest absolute Gasteiger partial charge is 0.396 e. The van der Waals surface area contributed by atoms with E-state index in [1.165, 1.54) is 25.9 Å². The van der Waals surface area contributed by atoms with E-state index in [1.807, 2.05) is 0 Å². The van der Waals surface area contributed by atoms with Crippen LogP contribution in [0, 0.1) is 5.92 Å². The molecule has 92 valence electrons. The van der Waals surface area contributed by atoms with Crippen molar-refractivity contribution in [3.05, 3.63) is 0 Å². The van der Waals surface area contributed by atoms with E-state index in [4.69, 9.17) is 5.11 Å². The van der Waals surface area contributed by atoms with Gasteiger partial charge in [0.25, 0.3) is 0 Å². The van der Waals surface area contributed by atoms with Gasteiger partial charge in [-0.2, -0.15) is 0 Å². The summed E-state index contributed by atoms with van der Waals surface area (Å²) in [5.41, 5.74) is 0. The molecule has 1 unspecified atom stereocenters. The first kappa shape index (κ1) is 11.9. The molecule has 3 aliphatic rings. The molecule has 2 N–H and O–H groups in total. The van der Waals surface area contributed by atoms with Gasteiger partial charge in [0.15, 0.2) is 0 Å². The molecular weight excluding hydrogens is 204 g/mol. The second kappa shape index (κ2) is 5.64. The minimum atomic E-state index is 0.159. The number of rotatable bonds is 5. The Morgan fingerprint density at radius 3 is 2.62 bits per heavy atom. The number of unbranched alkanes of at least 4 members (excludes halogenated alkanes) is 1. The van der Waals surface area contributed by atoms with Crippen LogP contribution in [0.25, 0.3) is 0 Å². The summed E-state index contributed by atoms with van der Waals surface area (Å²) in [6, 6.07) is 0.379. The van der Waals surface area contributed by atoms with Crippen LogP contribution in [-0.2, 0) is 4.79 Å². The lowest BCUT2D eigenvalue weighted by Gasteiger charge is -2.44. The zero-order valence-corrected chi connectivity index (χ0v) is 9.82. The van der Waals surface area contributed by atoms with Gasteiger partial charge in [-0.1, -0.05) is 0 Å². The highest BCUT2D eigenvalue weighted by molar-refractivity contribution is 5.76. The van der Waals surface area contributed by atoms with E-state index in [9.17, 15) is 4.79 Å². The van der Waals surface area contributed by atoms with Gasteiger partial charge in [0.1, 0.15) is 0 Å². The zero-order chi connectivity index (χ0) is 11.4. The number of hydrogen-bond acceptors (Lipinski definition) is 3. The number of fused-ring (bicyclic) bond motifs is 3. The Kier molecular flexibility index (Phi) is 4.18. The molecule has 3 heterocycles. The molecule has 3 saturated heterocycles. The molecule has 2 bridgehead atoms. The van der Waals surface area contributed by atoms with Crippen LogP contribution in [0.1, 0.15) is 32.1 Å². The fourth-order valence-corrected chi connectivity index (χ4v) is 2.80. The van der Waals surface area contributed by atoms with E-state index in [0.717, 1.165) is 19.4 Å². The number of aliphatic hydroxyl groups excluding tert-OH is 1. The molecule has 0 radical (unpaired) electrons. The van der Waals surface area contributed by atoms with Crippen LogP contribution in [0.15, 0.2) is 0 Å². The molecule has 3 rings (SSSR count). The van der Waals surface area contributed by atoms with Crippen LogP contribution >= 0.6 is 0 Å². The summed E-state index contributed by atoms with van der Waals surface area (Å²) in [6.07, 6.45) is 4.56. The summed E-state index contributed by atoms with van der Waals surface area (Å²) < 4.78 is 0. The number of piperidine rings is 3. The van der Waals surface area contributed by atoms with Crippen molar-refractivity contribution in [3.8, 4) is 0 Å². The van der Waals surface area contributed by atoms with Gasteiger partial charge < -0.3 is 15.3 Å². The van der Waals surface area contributed by atoms with Crippen LogP contribution < -0.4 is 5.32 Å². The number of aliphatic hydroxyl groups is 1. The van der Waals surface area contributed by atoms with Crippen molar-refractivity contribution in [1.82, 2.24) is 10.2 Å². The summed E-state index contributed by atoms with van der Waals surface area (Å²) in [7, 11) is 0. The first-order valence-electron chi connectivity index (χ1n) is 6.42. The monoisotopic (exact) mass is 226 g/mol. The van der Waals surface area contributed by atoms with Crippen LogP contribution in [0.2, 0.25) is 0 Å². The van der Waals surface area contributed by atoms with Gasteiger partial charge in [-0.25, -0.2) is 0 Å². The van der Waals surface area contributed by atoms with E-state index < -0.39 is 0 Å². The highest BCUT2D eigenvalue weighted by Crippen LogP contribution is 2.27. The van der Waals surface area contributed by atoms with Crippen molar-refractivity contribution in [1.29, 1.82) is 0 Å². The first-order valence-corrected chi connectivity index (χ1v) is 6.42. The molecule has 4 heteroatoms. The molecule has 0 aromatic rings. The van der Waals surface area contributed by atoms with Gasteiger partial charge in [0.2, 0.25) is 5.91 Å². The minimum Gasteiger partial charge on any atom is -0.396 e. The summed E-state index contributed by atoms with van der Waals surface area (Å²) in [4.78, 5) is 14.1. The minimum absolute atomic E-state index is 0.159. The first-order chi connectivity index (χ1) is 7.79. The summed E-state index contributed by atoms with van der Waals surface area (Å²) in [5, 5.41) is 11.8. The molecule has 0 aromatic heterocycles. The van der Waals surface area contributed by atoms with Crippen molar-refractivity contribution >= 4 is 5.91 Å². The summed E-state index contributed by atoms with van der Waals surface area (Å²) in [6.45, 7) is 3.65. The van der Waals surface area contributed by atoms with Gasteiger partial charge >= 0.3 is 0 Å². The maximum Gasteiger partial charge on any atom is 0.220 e. The Labute approximate surface area is 97.0 Å². The second-order valence-corrected chi connectivity index (χ2v) is 4.99. The van der Waals surface area contributed by atoms with E-state index in [2.05, 4.69) is 10.2 Å². The van der Waals surface area contributed by atoms with Gasteiger partial charge in [0.05, 0.1) is 0 Å². The molecule has 3 aliphatic heterocycles. The van der Waals surface area contributed by atoms with E-state index in [1.54, 1.807) is 0 Å². The quantitative estimate of drug-likeness (QED) is 0.666. The zero-order valence-electron chi connectivity index (χ0n) is 9.82. The molecule has 16 heavy (non-hydrogen) atoms. The lowest BCUT2D eigenvalue weighted by Crippen LogP contribution is -2.57. The third-order valence-electron chi connectivity index (χ3n) is 3.81. The highest BCUT2D eigenvalue weighted by Gasteiger charge is 2.34. The number of carbonyl (C=O) groups is 1. The topological polar surface area (TPSA) is 52.6 Å². The molecule has 0 aliphatic carbocycles. The number of nitrogens with zero attached hydrogens (tertiary/aromatic N) is 1. The van der Waals surface area contributed by atoms with Crippen LogP contribution in [-0.4, -0.2) is 48.2 Å². The van der Waals surface area contributed by atoms with Crippen molar-refractivity contribution in [3.63, 3.8) is 0 Å². The molecule has 3 fully saturated rings. The van der Waals surface area contributed by atoms with Crippen LogP contribution in [0.5, 0.6) is 0 Å². The predicted molar refractivity (Wildman–Crippen MR) is 62.0 cm³/mol. The molecule has 0 saturated carbocycles. The molecule has 4 nitrogen and oxygen atoms in total. The number of hydrogen-bond donors (Lipinski definition) is 2. The smallest absolute Gasteiger partial charge is 0.220 e. The van der Waals surface area contributed by atoms with Crippen molar-refractivity contribution in [2.75, 3.05) is 26.2 Å². The number of amides is 1. The fourth-order valence-electron chi connectivity index (χ4n) is 2.80. The molecule has 1 amide bonds. The van der Waals surface area contributed by atoms with E-state index >= 15 is 0 Å². The summed E-state index contributed by atoms with van der Waals surface area (Å²) >= 11 is 0. The molecule has 1 atom stereocenters. The van der Waals surface area contributed by atoms with Crippen LogP contribution in [0.4, 0.5) is 0 Å². The van der Waals surface area contributed by atoms with Gasteiger partial charge in [-0.05, 0) is 44.7 Å². The van der Waals surface area contributed by atoms with Crippen molar-refractivity contribution in [2.24, 2.45) is 5.92 Å². The second-order valence-electron chi connectivity index (χ2n) is 4.99. The SMILES string of the molecule is O=C(CCCCO)NC1CN2CCC1CC2.